The Morgan fingerprint density at radius 2 is 1.96 bits per heavy atom. The monoisotopic (exact) mass is 319 g/mol. The van der Waals surface area contributed by atoms with Gasteiger partial charge < -0.3 is 9.64 Å². The zero-order valence-electron chi connectivity index (χ0n) is 14.4. The quantitative estimate of drug-likeness (QED) is 0.791. The topological polar surface area (TPSA) is 36.8 Å². The highest BCUT2D eigenvalue weighted by Gasteiger charge is 2.43. The van der Waals surface area contributed by atoms with Crippen molar-refractivity contribution in [2.45, 2.75) is 12.6 Å². The highest BCUT2D eigenvalue weighted by atomic mass is 16.5. The van der Waals surface area contributed by atoms with Gasteiger partial charge in [0.25, 0.3) is 0 Å². The van der Waals surface area contributed by atoms with Gasteiger partial charge in [0.15, 0.2) is 0 Å². The fourth-order valence-electron chi connectivity index (χ4n) is 4.54. The molecule has 0 aromatic carbocycles. The van der Waals surface area contributed by atoms with Crippen LogP contribution in [0.25, 0.3) is 0 Å². The lowest BCUT2D eigenvalue weighted by Gasteiger charge is -2.44. The largest absolute Gasteiger partial charge is 0.379 e. The fourth-order valence-corrected chi connectivity index (χ4v) is 4.54. The molecule has 0 N–H and O–H groups in total. The van der Waals surface area contributed by atoms with Gasteiger partial charge >= 0.3 is 0 Å². The molecule has 23 heavy (non-hydrogen) atoms. The van der Waals surface area contributed by atoms with Crippen molar-refractivity contribution < 1.29 is 4.74 Å². The Balaban J connectivity index is 1.40. The van der Waals surface area contributed by atoms with E-state index in [1.54, 1.807) is 0 Å². The van der Waals surface area contributed by atoms with E-state index in [9.17, 15) is 0 Å². The minimum absolute atomic E-state index is 0.612. The molecule has 3 atom stereocenters. The lowest BCUT2D eigenvalue weighted by atomic mass is 9.86. The zero-order valence-corrected chi connectivity index (χ0v) is 14.4. The van der Waals surface area contributed by atoms with Crippen molar-refractivity contribution in [2.24, 2.45) is 18.9 Å². The van der Waals surface area contributed by atoms with E-state index in [0.717, 1.165) is 25.7 Å². The summed E-state index contributed by atoms with van der Waals surface area (Å²) < 4.78 is 7.88. The van der Waals surface area contributed by atoms with Crippen molar-refractivity contribution in [1.29, 1.82) is 0 Å². The highest BCUT2D eigenvalue weighted by molar-refractivity contribution is 5.05. The fraction of sp³-hybridized carbons (Fsp3) is 0.824. The van der Waals surface area contributed by atoms with Crippen LogP contribution >= 0.6 is 0 Å². The molecule has 6 nitrogen and oxygen atoms in total. The molecule has 3 fully saturated rings. The number of hydrogen-bond donors (Lipinski definition) is 0. The Hall–Kier alpha value is -0.950. The van der Waals surface area contributed by atoms with Gasteiger partial charge in [0.2, 0.25) is 0 Å². The molecule has 0 unspecified atom stereocenters. The van der Waals surface area contributed by atoms with Crippen molar-refractivity contribution in [3.8, 4) is 0 Å². The summed E-state index contributed by atoms with van der Waals surface area (Å²) in [7, 11) is 4.22. The number of aryl methyl sites for hydroxylation is 1. The molecular formula is C17H29N5O. The van der Waals surface area contributed by atoms with Crippen LogP contribution in [-0.2, 0) is 18.3 Å². The summed E-state index contributed by atoms with van der Waals surface area (Å²) in [6.07, 6.45) is 4.13. The van der Waals surface area contributed by atoms with Crippen LogP contribution in [0.4, 0.5) is 0 Å². The summed E-state index contributed by atoms with van der Waals surface area (Å²) >= 11 is 0. The van der Waals surface area contributed by atoms with E-state index in [-0.39, 0.29) is 0 Å². The number of fused-ring (bicyclic) bond motifs is 1. The predicted molar refractivity (Wildman–Crippen MR) is 89.1 cm³/mol. The third kappa shape index (κ3) is 3.31. The van der Waals surface area contributed by atoms with E-state index in [1.807, 2.05) is 17.9 Å². The maximum atomic E-state index is 5.98. The number of nitrogens with zero attached hydrogens (tertiary/aromatic N) is 5. The van der Waals surface area contributed by atoms with Gasteiger partial charge in [-0.2, -0.15) is 5.10 Å². The van der Waals surface area contributed by atoms with Crippen LogP contribution < -0.4 is 0 Å². The molecule has 0 radical (unpaired) electrons. The highest BCUT2D eigenvalue weighted by Crippen LogP contribution is 2.34. The molecule has 128 valence electrons. The van der Waals surface area contributed by atoms with Crippen LogP contribution in [0.2, 0.25) is 0 Å². The molecule has 1 aromatic rings. The summed E-state index contributed by atoms with van der Waals surface area (Å²) in [4.78, 5) is 7.72. The average molecular weight is 319 g/mol. The molecule has 0 aliphatic carbocycles. The van der Waals surface area contributed by atoms with Gasteiger partial charge in [0.1, 0.15) is 0 Å². The zero-order chi connectivity index (χ0) is 15.8. The van der Waals surface area contributed by atoms with Crippen molar-refractivity contribution in [3.05, 3.63) is 18.0 Å². The Morgan fingerprint density at radius 1 is 1.13 bits per heavy atom. The Bertz CT molecular complexity index is 525. The van der Waals surface area contributed by atoms with Crippen molar-refractivity contribution in [2.75, 3.05) is 59.5 Å². The summed E-state index contributed by atoms with van der Waals surface area (Å²) in [5.41, 5.74) is 1.32. The van der Waals surface area contributed by atoms with E-state index in [1.165, 1.54) is 44.8 Å². The molecule has 3 saturated heterocycles. The third-order valence-electron chi connectivity index (χ3n) is 5.85. The Kier molecular flexibility index (Phi) is 4.41. The maximum Gasteiger partial charge on any atom is 0.0625 e. The molecule has 4 heterocycles. The van der Waals surface area contributed by atoms with Crippen LogP contribution in [0.1, 0.15) is 5.56 Å². The van der Waals surface area contributed by atoms with Gasteiger partial charge in [-0.15, -0.1) is 0 Å². The van der Waals surface area contributed by atoms with Crippen LogP contribution in [0.3, 0.4) is 0 Å². The van der Waals surface area contributed by atoms with Gasteiger partial charge in [-0.1, -0.05) is 0 Å². The predicted octanol–water partition coefficient (Wildman–Crippen LogP) is 0.114. The standard InChI is InChI=1S/C17H29N5O/c1-19-3-5-22(6-4-19)17-13-23-12-15-10-21(11-16(15)17)9-14-7-18-20(2)8-14/h7-8,15-17H,3-6,9-13H2,1-2H3/t15-,16-,17+/m0/s1. The van der Waals surface area contributed by atoms with E-state index in [4.69, 9.17) is 4.74 Å². The summed E-state index contributed by atoms with van der Waals surface area (Å²) in [6.45, 7) is 10.0. The van der Waals surface area contributed by atoms with Crippen LogP contribution in [0.5, 0.6) is 0 Å². The third-order valence-corrected chi connectivity index (χ3v) is 5.85. The second kappa shape index (κ2) is 6.51. The van der Waals surface area contributed by atoms with Gasteiger partial charge in [0, 0.05) is 76.6 Å². The van der Waals surface area contributed by atoms with Crippen molar-refractivity contribution in [3.63, 3.8) is 0 Å². The molecule has 4 rings (SSSR count). The smallest absolute Gasteiger partial charge is 0.0625 e. The summed E-state index contributed by atoms with van der Waals surface area (Å²) in [5, 5.41) is 4.30. The second-order valence-corrected chi connectivity index (χ2v) is 7.58. The molecule has 0 saturated carbocycles. The van der Waals surface area contributed by atoms with Gasteiger partial charge in [-0.05, 0) is 13.0 Å². The molecule has 0 amide bonds. The van der Waals surface area contributed by atoms with Gasteiger partial charge in [-0.3, -0.25) is 14.5 Å². The lowest BCUT2D eigenvalue weighted by molar-refractivity contribution is -0.0485. The Morgan fingerprint density at radius 3 is 2.70 bits per heavy atom. The number of likely N-dealkylation sites (N-methyl/N-ethyl adjacent to an activating group) is 1. The summed E-state index contributed by atoms with van der Waals surface area (Å²) in [6, 6.07) is 0.612. The molecule has 6 heteroatoms. The normalized spacial score (nSPS) is 33.9. The molecular weight excluding hydrogens is 290 g/mol. The summed E-state index contributed by atoms with van der Waals surface area (Å²) in [5.74, 6) is 1.47. The first-order valence-electron chi connectivity index (χ1n) is 8.89. The van der Waals surface area contributed by atoms with Crippen LogP contribution in [0.15, 0.2) is 12.4 Å². The molecule has 3 aliphatic heterocycles. The van der Waals surface area contributed by atoms with E-state index < -0.39 is 0 Å². The number of ether oxygens (including phenoxy) is 1. The molecule has 0 bridgehead atoms. The number of aromatic nitrogens is 2. The first-order chi connectivity index (χ1) is 11.2. The van der Waals surface area contributed by atoms with E-state index in [2.05, 4.69) is 33.0 Å². The first kappa shape index (κ1) is 15.6. The number of piperazine rings is 1. The molecule has 1 aromatic heterocycles. The second-order valence-electron chi connectivity index (χ2n) is 7.58. The molecule has 3 aliphatic rings. The minimum atomic E-state index is 0.612. The number of hydrogen-bond acceptors (Lipinski definition) is 5. The van der Waals surface area contributed by atoms with Crippen molar-refractivity contribution in [1.82, 2.24) is 24.5 Å². The van der Waals surface area contributed by atoms with Crippen molar-refractivity contribution >= 4 is 0 Å². The first-order valence-corrected chi connectivity index (χ1v) is 8.89. The van der Waals surface area contributed by atoms with Gasteiger partial charge in [-0.25, -0.2) is 0 Å². The van der Waals surface area contributed by atoms with E-state index in [0.29, 0.717) is 12.0 Å². The SMILES string of the molecule is CN1CCN([C@@H]2COC[C@@H]3CN(Cc4cnn(C)c4)C[C@@H]32)CC1. The minimum Gasteiger partial charge on any atom is -0.379 e. The van der Waals surface area contributed by atoms with Crippen LogP contribution in [-0.4, -0.2) is 90.1 Å². The van der Waals surface area contributed by atoms with E-state index >= 15 is 0 Å². The lowest BCUT2D eigenvalue weighted by Crippen LogP contribution is -2.56. The molecule has 0 spiro atoms. The Labute approximate surface area is 139 Å². The maximum absolute atomic E-state index is 5.98. The van der Waals surface area contributed by atoms with Gasteiger partial charge in [0.05, 0.1) is 19.4 Å². The average Bonchev–Trinajstić information content (AvgIpc) is 3.13. The number of likely N-dealkylation sites (tertiary alicyclic amines) is 1. The number of rotatable bonds is 3. The van der Waals surface area contributed by atoms with Crippen LogP contribution in [0, 0.1) is 11.8 Å².